The van der Waals surface area contributed by atoms with E-state index >= 15 is 0 Å². The van der Waals surface area contributed by atoms with Crippen LogP contribution in [0.3, 0.4) is 0 Å². The molecule has 0 spiro atoms. The van der Waals surface area contributed by atoms with Crippen LogP contribution in [-0.4, -0.2) is 68.1 Å². The van der Waals surface area contributed by atoms with Crippen molar-refractivity contribution in [2.24, 2.45) is 16.6 Å². The van der Waals surface area contributed by atoms with E-state index in [0.717, 1.165) is 50.9 Å². The molecule has 1 aromatic rings. The van der Waals surface area contributed by atoms with Crippen LogP contribution in [0, 0.1) is 11.7 Å². The minimum atomic E-state index is -0.193. The number of halogens is 1. The predicted octanol–water partition coefficient (Wildman–Crippen LogP) is 1.99. The van der Waals surface area contributed by atoms with Crippen LogP contribution in [0.5, 0.6) is 0 Å². The van der Waals surface area contributed by atoms with Crippen LogP contribution in [0.4, 0.5) is 10.1 Å². The van der Waals surface area contributed by atoms with Crippen molar-refractivity contribution < 1.29 is 4.39 Å². The number of aliphatic imine (C=N–C) groups is 1. The van der Waals surface area contributed by atoms with Crippen LogP contribution in [0.25, 0.3) is 0 Å². The second kappa shape index (κ2) is 8.52. The summed E-state index contributed by atoms with van der Waals surface area (Å²) in [7, 11) is 0. The first-order valence-electron chi connectivity index (χ1n) is 9.39. The van der Waals surface area contributed by atoms with Gasteiger partial charge in [0.05, 0.1) is 6.54 Å². The summed E-state index contributed by atoms with van der Waals surface area (Å²) in [4.78, 5) is 11.5. The normalized spacial score (nSPS) is 21.0. The maximum atomic E-state index is 13.0. The molecule has 25 heavy (non-hydrogen) atoms. The summed E-state index contributed by atoms with van der Waals surface area (Å²) in [5, 5.41) is 0. The summed E-state index contributed by atoms with van der Waals surface area (Å²) >= 11 is 0. The van der Waals surface area contributed by atoms with E-state index in [4.69, 9.17) is 5.73 Å². The van der Waals surface area contributed by atoms with Gasteiger partial charge in [0.1, 0.15) is 5.82 Å². The SMILES string of the molecule is CC1CCN(CCN=C(N)N2CCN(c3ccc(F)cc3)CC2)CC1. The average Bonchev–Trinajstić information content (AvgIpc) is 2.64. The van der Waals surface area contributed by atoms with Gasteiger partial charge in [0.15, 0.2) is 5.96 Å². The Labute approximate surface area is 150 Å². The van der Waals surface area contributed by atoms with E-state index in [1.807, 2.05) is 12.1 Å². The third kappa shape index (κ3) is 5.08. The Morgan fingerprint density at radius 1 is 1.08 bits per heavy atom. The Bertz CT molecular complexity index is 558. The van der Waals surface area contributed by atoms with Gasteiger partial charge in [-0.2, -0.15) is 0 Å². The van der Waals surface area contributed by atoms with Gasteiger partial charge in [-0.3, -0.25) is 4.99 Å². The number of nitrogens with two attached hydrogens (primary N) is 1. The highest BCUT2D eigenvalue weighted by Gasteiger charge is 2.19. The Balaban J connectivity index is 1.41. The molecule has 6 heteroatoms. The summed E-state index contributed by atoms with van der Waals surface area (Å²) in [6, 6.07) is 6.70. The zero-order valence-electron chi connectivity index (χ0n) is 15.2. The molecule has 0 amide bonds. The zero-order chi connectivity index (χ0) is 17.6. The van der Waals surface area contributed by atoms with Crippen molar-refractivity contribution in [2.45, 2.75) is 19.8 Å². The van der Waals surface area contributed by atoms with Crippen molar-refractivity contribution in [1.82, 2.24) is 9.80 Å². The van der Waals surface area contributed by atoms with Crippen LogP contribution in [0.1, 0.15) is 19.8 Å². The number of benzene rings is 1. The maximum Gasteiger partial charge on any atom is 0.191 e. The maximum absolute atomic E-state index is 13.0. The van der Waals surface area contributed by atoms with Gasteiger partial charge in [-0.15, -0.1) is 0 Å². The van der Waals surface area contributed by atoms with E-state index < -0.39 is 0 Å². The Morgan fingerprint density at radius 3 is 2.36 bits per heavy atom. The molecule has 5 nitrogen and oxygen atoms in total. The van der Waals surface area contributed by atoms with Crippen LogP contribution < -0.4 is 10.6 Å². The quantitative estimate of drug-likeness (QED) is 0.668. The molecule has 2 fully saturated rings. The molecule has 2 N–H and O–H groups in total. The first-order valence-corrected chi connectivity index (χ1v) is 9.39. The van der Waals surface area contributed by atoms with Gasteiger partial charge in [-0.05, 0) is 56.1 Å². The first-order chi connectivity index (χ1) is 12.1. The van der Waals surface area contributed by atoms with E-state index in [-0.39, 0.29) is 5.82 Å². The molecular weight excluding hydrogens is 317 g/mol. The minimum absolute atomic E-state index is 0.193. The summed E-state index contributed by atoms with van der Waals surface area (Å²) < 4.78 is 13.0. The number of likely N-dealkylation sites (tertiary alicyclic amines) is 1. The van der Waals surface area contributed by atoms with Crippen molar-refractivity contribution >= 4 is 11.6 Å². The van der Waals surface area contributed by atoms with Gasteiger partial charge in [0.25, 0.3) is 0 Å². The highest BCUT2D eigenvalue weighted by Crippen LogP contribution is 2.17. The fourth-order valence-electron chi connectivity index (χ4n) is 3.54. The number of hydrogen-bond donors (Lipinski definition) is 1. The molecule has 2 heterocycles. The molecule has 3 rings (SSSR count). The van der Waals surface area contributed by atoms with Crippen molar-refractivity contribution in [1.29, 1.82) is 0 Å². The number of guanidine groups is 1. The van der Waals surface area contributed by atoms with Gasteiger partial charge in [-0.1, -0.05) is 6.92 Å². The van der Waals surface area contributed by atoms with Gasteiger partial charge in [0, 0.05) is 38.4 Å². The number of piperazine rings is 1. The predicted molar refractivity (Wildman–Crippen MR) is 102 cm³/mol. The van der Waals surface area contributed by atoms with Crippen molar-refractivity contribution in [3.8, 4) is 0 Å². The lowest BCUT2D eigenvalue weighted by molar-refractivity contribution is 0.197. The molecule has 138 valence electrons. The number of rotatable bonds is 4. The topological polar surface area (TPSA) is 48.1 Å². The summed E-state index contributed by atoms with van der Waals surface area (Å²) in [5.41, 5.74) is 7.25. The molecule has 0 radical (unpaired) electrons. The van der Waals surface area contributed by atoms with E-state index in [1.54, 1.807) is 0 Å². The largest absolute Gasteiger partial charge is 0.370 e. The monoisotopic (exact) mass is 347 g/mol. The van der Waals surface area contributed by atoms with Gasteiger partial charge in [-0.25, -0.2) is 4.39 Å². The van der Waals surface area contributed by atoms with E-state index in [9.17, 15) is 4.39 Å². The minimum Gasteiger partial charge on any atom is -0.370 e. The molecular formula is C19H30FN5. The highest BCUT2D eigenvalue weighted by molar-refractivity contribution is 5.78. The number of anilines is 1. The van der Waals surface area contributed by atoms with Crippen molar-refractivity contribution in [2.75, 3.05) is 57.3 Å². The zero-order valence-corrected chi connectivity index (χ0v) is 15.2. The van der Waals surface area contributed by atoms with Crippen LogP contribution >= 0.6 is 0 Å². The number of hydrogen-bond acceptors (Lipinski definition) is 3. The lowest BCUT2D eigenvalue weighted by Gasteiger charge is -2.36. The van der Waals surface area contributed by atoms with Crippen molar-refractivity contribution in [3.63, 3.8) is 0 Å². The third-order valence-corrected chi connectivity index (χ3v) is 5.36. The fraction of sp³-hybridized carbons (Fsp3) is 0.632. The number of piperidine rings is 1. The van der Waals surface area contributed by atoms with E-state index in [2.05, 4.69) is 26.6 Å². The molecule has 0 atom stereocenters. The highest BCUT2D eigenvalue weighted by atomic mass is 19.1. The second-order valence-corrected chi connectivity index (χ2v) is 7.21. The van der Waals surface area contributed by atoms with Gasteiger partial charge >= 0.3 is 0 Å². The smallest absolute Gasteiger partial charge is 0.191 e. The Hall–Kier alpha value is -1.82. The standard InChI is InChI=1S/C19H30FN5/c1-16-6-9-23(10-7-16)11-8-22-19(21)25-14-12-24(13-15-25)18-4-2-17(20)3-5-18/h2-5,16H,6-15H2,1H3,(H2,21,22). The molecule has 1 aromatic carbocycles. The second-order valence-electron chi connectivity index (χ2n) is 7.21. The Kier molecular flexibility index (Phi) is 6.13. The number of nitrogens with zero attached hydrogens (tertiary/aromatic N) is 4. The third-order valence-electron chi connectivity index (χ3n) is 5.36. The van der Waals surface area contributed by atoms with Crippen LogP contribution in [0.2, 0.25) is 0 Å². The first kappa shape index (κ1) is 18.0. The molecule has 2 aliphatic heterocycles. The van der Waals surface area contributed by atoms with Crippen LogP contribution in [0.15, 0.2) is 29.3 Å². The van der Waals surface area contributed by atoms with E-state index in [0.29, 0.717) is 5.96 Å². The van der Waals surface area contributed by atoms with E-state index in [1.165, 1.54) is 38.1 Å². The van der Waals surface area contributed by atoms with Crippen LogP contribution in [-0.2, 0) is 0 Å². The summed E-state index contributed by atoms with van der Waals surface area (Å²) in [5.74, 6) is 1.33. The fourth-order valence-corrected chi connectivity index (χ4v) is 3.54. The molecule has 2 saturated heterocycles. The van der Waals surface area contributed by atoms with Crippen molar-refractivity contribution in [3.05, 3.63) is 30.1 Å². The molecule has 0 aliphatic carbocycles. The molecule has 0 unspecified atom stereocenters. The molecule has 2 aliphatic rings. The molecule has 0 bridgehead atoms. The average molecular weight is 347 g/mol. The van der Waals surface area contributed by atoms with Gasteiger partial charge < -0.3 is 20.4 Å². The lowest BCUT2D eigenvalue weighted by atomic mass is 9.99. The lowest BCUT2D eigenvalue weighted by Crippen LogP contribution is -2.51. The van der Waals surface area contributed by atoms with Gasteiger partial charge in [0.2, 0.25) is 0 Å². The Morgan fingerprint density at radius 2 is 1.72 bits per heavy atom. The molecule has 0 aromatic heterocycles. The summed E-state index contributed by atoms with van der Waals surface area (Å²) in [6.45, 7) is 9.96. The summed E-state index contributed by atoms with van der Waals surface area (Å²) in [6.07, 6.45) is 2.59. The molecule has 0 saturated carbocycles.